The minimum absolute atomic E-state index is 0. The van der Waals surface area contributed by atoms with E-state index in [0.717, 1.165) is 62.7 Å². The zero-order chi connectivity index (χ0) is 74.5. The minimum Gasteiger partial charge on any atom is -0.305 e. The average Bonchev–Trinajstić information content (AvgIpc) is 0.813. The maximum Gasteiger partial charge on any atom is 0.0163 e. The summed E-state index contributed by atoms with van der Waals surface area (Å²) in [6, 6.07) is 109. The van der Waals surface area contributed by atoms with Gasteiger partial charge in [-0.1, -0.05) is 253 Å². The van der Waals surface area contributed by atoms with Crippen molar-refractivity contribution in [3.05, 3.63) is 389 Å². The first-order valence-corrected chi connectivity index (χ1v) is 36.6. The number of hydrogen-bond acceptors (Lipinski definition) is 5. The molecule has 0 bridgehead atoms. The van der Waals surface area contributed by atoms with Gasteiger partial charge in [-0.15, -0.1) is 166 Å². The predicted molar refractivity (Wildman–Crippen MR) is 445 cm³/mol. The maximum atomic E-state index is 4.60. The maximum absolute atomic E-state index is 4.60. The summed E-state index contributed by atoms with van der Waals surface area (Å²) in [5.74, 6) is 1.03. The zero-order valence-electron chi connectivity index (χ0n) is 65.1. The van der Waals surface area contributed by atoms with Crippen molar-refractivity contribution in [1.82, 2.24) is 24.9 Å². The summed E-state index contributed by atoms with van der Waals surface area (Å²) in [4.78, 5) is 22.3. The Morgan fingerprint density at radius 2 is 0.640 bits per heavy atom. The third-order valence-corrected chi connectivity index (χ3v) is 18.8. The van der Waals surface area contributed by atoms with Crippen molar-refractivity contribution in [2.75, 3.05) is 0 Å². The second kappa shape index (κ2) is 45.0. The van der Waals surface area contributed by atoms with Gasteiger partial charge >= 0.3 is 0 Å². The molecule has 5 aromatic heterocycles. The van der Waals surface area contributed by atoms with Crippen LogP contribution in [0.3, 0.4) is 0 Å². The van der Waals surface area contributed by atoms with Crippen LogP contribution in [-0.2, 0) is 107 Å². The van der Waals surface area contributed by atoms with E-state index >= 15 is 0 Å². The van der Waals surface area contributed by atoms with Gasteiger partial charge in [-0.2, -0.15) is 0 Å². The Morgan fingerprint density at radius 1 is 0.270 bits per heavy atom. The molecule has 0 fully saturated rings. The molecule has 5 heterocycles. The van der Waals surface area contributed by atoms with E-state index in [4.69, 9.17) is 0 Å². The summed E-state index contributed by atoms with van der Waals surface area (Å²) in [7, 11) is 0. The fourth-order valence-corrected chi connectivity index (χ4v) is 12.6. The smallest absolute Gasteiger partial charge is 0.0163 e. The van der Waals surface area contributed by atoms with Crippen LogP contribution in [0, 0.1) is 85.7 Å². The van der Waals surface area contributed by atoms with Crippen molar-refractivity contribution in [2.24, 2.45) is 0 Å². The van der Waals surface area contributed by atoms with E-state index < -0.39 is 0 Å². The molecule has 5 nitrogen and oxygen atoms in total. The Morgan fingerprint density at radius 3 is 1.05 bits per heavy atom. The summed E-state index contributed by atoms with van der Waals surface area (Å²) in [5, 5.41) is 0. The number of hydrogen-bond donors (Lipinski definition) is 0. The van der Waals surface area contributed by atoms with Crippen LogP contribution in [0.25, 0.3) is 112 Å². The molecule has 10 aromatic carbocycles. The molecule has 0 unspecified atom stereocenters. The van der Waals surface area contributed by atoms with Gasteiger partial charge in [-0.25, -0.2) is 0 Å². The van der Waals surface area contributed by atoms with Gasteiger partial charge in [0.25, 0.3) is 0 Å². The van der Waals surface area contributed by atoms with Gasteiger partial charge < -0.3 is 24.9 Å². The van der Waals surface area contributed by atoms with E-state index in [1.165, 1.54) is 117 Å². The van der Waals surface area contributed by atoms with Crippen LogP contribution in [0.15, 0.2) is 298 Å². The van der Waals surface area contributed by atoms with Gasteiger partial charge in [-0.3, -0.25) is 0 Å². The van der Waals surface area contributed by atoms with Crippen LogP contribution in [0.1, 0.15) is 108 Å². The van der Waals surface area contributed by atoms with Crippen molar-refractivity contribution in [1.29, 1.82) is 0 Å². The van der Waals surface area contributed by atoms with Gasteiger partial charge in [0.15, 0.2) is 0 Å². The van der Waals surface area contributed by atoms with Crippen LogP contribution in [-0.4, -0.2) is 24.9 Å². The molecule has 0 N–H and O–H groups in total. The van der Waals surface area contributed by atoms with Crippen LogP contribution >= 0.6 is 0 Å². The Kier molecular flexibility index (Phi) is 37.0. The predicted octanol–water partition coefficient (Wildman–Crippen LogP) is 26.3. The normalized spacial score (nSPS) is 10.2. The molecule has 0 aliphatic carbocycles. The Balaban J connectivity index is 0.000000215. The van der Waals surface area contributed by atoms with Gasteiger partial charge in [0.05, 0.1) is 0 Å². The summed E-state index contributed by atoms with van der Waals surface area (Å²) >= 11 is 0. The Hall–Kier alpha value is -8.80. The van der Waals surface area contributed by atoms with Crippen molar-refractivity contribution in [3.8, 4) is 112 Å². The molecule has 15 rings (SSSR count). The minimum atomic E-state index is 0. The largest absolute Gasteiger partial charge is 0.305 e. The molecular formula is C101H92Ir5N5-5. The first kappa shape index (κ1) is 91.1. The number of pyridine rings is 5. The second-order valence-electron chi connectivity index (χ2n) is 27.7. The number of nitrogens with zero attached hydrogens (tertiary/aromatic N) is 5. The molecule has 0 aliphatic heterocycles. The molecule has 15 aromatic rings. The molecule has 0 atom stereocenters. The second-order valence-corrected chi connectivity index (χ2v) is 27.7. The van der Waals surface area contributed by atoms with E-state index in [9.17, 15) is 0 Å². The fraction of sp³-hybridized carbons (Fsp3) is 0.158. The van der Waals surface area contributed by atoms with Crippen molar-refractivity contribution in [2.45, 2.75) is 108 Å². The van der Waals surface area contributed by atoms with E-state index in [1.54, 1.807) is 12.4 Å². The SMILES string of the molecule is CCc1ccnc(-c2[c-]ccc(-c3ccccc3)c2)c1.Cc1cc(C)cc(-c2c[c-]c(-c3ccccn3)cc2)c1.Cc1cc(C)cc(-c2cc[c-]c(-c3nccc(C)c3C)c2)c1.Cc1ccnc(-c2[c-]ccc(-c3cc(C(C)C)cc(C(C)C)c3)c2)c1C.[Ir].[Ir].[Ir].[Ir].[Ir].[c-]1cc(-c2ccccc2)ccc1-c1ccccn1. The summed E-state index contributed by atoms with van der Waals surface area (Å²) < 4.78 is 0. The zero-order valence-corrected chi connectivity index (χ0v) is 77.0. The molecule has 0 amide bonds. The Bertz CT molecular complexity index is 5240. The standard InChI is InChI=1S/C25H28N.C21H20N.2C19H16N.C17H12N.5Ir/c1-16(2)22-13-23(17(3)4)15-24(14-22)20-8-7-9-21(12-20)25-19(6)18(5)10-11-26-25;1-14-10-15(2)12-20(11-14)18-6-5-7-19(13-18)21-17(4)16(3)8-9-22-21;1-14-11-15(2)13-18(12-14)16-6-8-17(9-7-16)19-5-3-4-10-20-19;1-2-15-11-12-20-19(13-15)18-10-6-9-17(14-18)16-7-4-3-5-8-16;1-2-6-14(7-3-1)15-9-11-16(12-10-15)17-8-4-5-13-18-17;;;;;/h7-8,10-17H,1-6H3;5-6,8-13H,1-4H3;3-8,10-13H,1-2H3;3-9,11-14H,2H2,1H3;1-11,13H;;;;;/q5*-1;;;;;. The first-order valence-electron chi connectivity index (χ1n) is 36.6. The topological polar surface area (TPSA) is 64.5 Å². The number of aromatic nitrogens is 5. The third-order valence-electron chi connectivity index (χ3n) is 18.8. The third kappa shape index (κ3) is 25.6. The number of aryl methyl sites for hydroxylation is 7. The van der Waals surface area contributed by atoms with Crippen molar-refractivity contribution < 1.29 is 101 Å². The summed E-state index contributed by atoms with van der Waals surface area (Å²) in [6.07, 6.45) is 10.3. The van der Waals surface area contributed by atoms with Crippen molar-refractivity contribution in [3.63, 3.8) is 0 Å². The van der Waals surface area contributed by atoms with Crippen LogP contribution in [0.2, 0.25) is 0 Å². The summed E-state index contributed by atoms with van der Waals surface area (Å²) in [5.41, 5.74) is 36.5. The molecule has 0 saturated heterocycles. The van der Waals surface area contributed by atoms with Crippen LogP contribution in [0.4, 0.5) is 0 Å². The van der Waals surface area contributed by atoms with Gasteiger partial charge in [0, 0.05) is 132 Å². The summed E-state index contributed by atoms with van der Waals surface area (Å²) in [6.45, 7) is 28.2. The molecule has 111 heavy (non-hydrogen) atoms. The van der Waals surface area contributed by atoms with Crippen LogP contribution in [0.5, 0.6) is 0 Å². The molecule has 0 aliphatic rings. The van der Waals surface area contributed by atoms with E-state index in [2.05, 4.69) is 315 Å². The van der Waals surface area contributed by atoms with Gasteiger partial charge in [0.1, 0.15) is 0 Å². The number of rotatable bonds is 13. The Labute approximate surface area is 728 Å². The van der Waals surface area contributed by atoms with Gasteiger partial charge in [-0.05, 0) is 160 Å². The van der Waals surface area contributed by atoms with E-state index in [1.807, 2.05) is 116 Å². The van der Waals surface area contributed by atoms with Crippen LogP contribution < -0.4 is 0 Å². The van der Waals surface area contributed by atoms with Gasteiger partial charge in [0.2, 0.25) is 0 Å². The molecule has 0 saturated carbocycles. The molecule has 0 spiro atoms. The monoisotopic (exact) mass is 2340 g/mol. The fourth-order valence-electron chi connectivity index (χ4n) is 12.6. The first-order chi connectivity index (χ1) is 51.4. The number of benzene rings is 10. The van der Waals surface area contributed by atoms with E-state index in [0.29, 0.717) is 11.8 Å². The van der Waals surface area contributed by atoms with Crippen molar-refractivity contribution >= 4 is 0 Å². The molecule has 5 radical (unpaired) electrons. The molecule has 10 heteroatoms. The average molecular weight is 2340 g/mol. The van der Waals surface area contributed by atoms with E-state index in [-0.39, 0.29) is 101 Å². The molecular weight excluding hydrogens is 2240 g/mol. The quantitative estimate of drug-likeness (QED) is 0.108. The molecule has 571 valence electrons.